The second kappa shape index (κ2) is 4.43. The van der Waals surface area contributed by atoms with Crippen LogP contribution in [0.25, 0.3) is 5.52 Å². The minimum Gasteiger partial charge on any atom is -0.506 e. The van der Waals surface area contributed by atoms with Gasteiger partial charge in [-0.15, -0.1) is 0 Å². The van der Waals surface area contributed by atoms with E-state index in [0.29, 0.717) is 6.04 Å². The molecule has 86 valence electrons. The summed E-state index contributed by atoms with van der Waals surface area (Å²) in [5.74, 6) is 1.18. The molecule has 1 atom stereocenters. The van der Waals surface area contributed by atoms with E-state index in [2.05, 4.69) is 33.2 Å². The summed E-state index contributed by atoms with van der Waals surface area (Å²) < 4.78 is 2.72. The Labute approximate surface area is 102 Å². The van der Waals surface area contributed by atoms with Crippen LogP contribution >= 0.6 is 15.9 Å². The normalized spacial score (nSPS) is 13.2. The van der Waals surface area contributed by atoms with Crippen molar-refractivity contribution in [3.8, 4) is 5.75 Å². The Balaban J connectivity index is 2.48. The lowest BCUT2D eigenvalue weighted by molar-refractivity contribution is 0.471. The highest BCUT2D eigenvalue weighted by Crippen LogP contribution is 2.22. The Morgan fingerprint density at radius 3 is 3.00 bits per heavy atom. The standard InChI is InChI=1S/C11H14BrN3O/c1-7(13-2)5-10-14-11(12)9-4-3-8(16)6-15(9)10/h3-4,6-7,13,16H,5H2,1-2H3. The fourth-order valence-electron chi connectivity index (χ4n) is 1.62. The number of hydrogen-bond acceptors (Lipinski definition) is 3. The lowest BCUT2D eigenvalue weighted by Gasteiger charge is -2.08. The van der Waals surface area contributed by atoms with Crippen molar-refractivity contribution in [1.29, 1.82) is 0 Å². The quantitative estimate of drug-likeness (QED) is 0.905. The molecular weight excluding hydrogens is 270 g/mol. The maximum absolute atomic E-state index is 9.48. The minimum atomic E-state index is 0.246. The van der Waals surface area contributed by atoms with Gasteiger partial charge in [-0.25, -0.2) is 4.98 Å². The molecule has 4 nitrogen and oxygen atoms in total. The highest BCUT2D eigenvalue weighted by Gasteiger charge is 2.11. The first kappa shape index (κ1) is 11.4. The molecule has 0 spiro atoms. The number of nitrogens with one attached hydrogen (secondary N) is 1. The molecule has 0 radical (unpaired) electrons. The van der Waals surface area contributed by atoms with E-state index in [0.717, 1.165) is 22.4 Å². The molecular formula is C11H14BrN3O. The van der Waals surface area contributed by atoms with Crippen molar-refractivity contribution in [2.45, 2.75) is 19.4 Å². The summed E-state index contributed by atoms with van der Waals surface area (Å²) in [6.45, 7) is 2.10. The number of likely N-dealkylation sites (N-methyl/N-ethyl adjacent to an activating group) is 1. The molecule has 0 bridgehead atoms. The van der Waals surface area contributed by atoms with Gasteiger partial charge in [0.1, 0.15) is 16.2 Å². The predicted octanol–water partition coefficient (Wildman–Crippen LogP) is 1.95. The summed E-state index contributed by atoms with van der Waals surface area (Å²) in [5, 5.41) is 12.6. The summed E-state index contributed by atoms with van der Waals surface area (Å²) in [7, 11) is 1.92. The van der Waals surface area contributed by atoms with Crippen LogP contribution in [0.15, 0.2) is 22.9 Å². The number of aromatic nitrogens is 2. The van der Waals surface area contributed by atoms with Gasteiger partial charge in [-0.1, -0.05) is 0 Å². The molecule has 2 N–H and O–H groups in total. The summed E-state index contributed by atoms with van der Waals surface area (Å²) in [6.07, 6.45) is 2.50. The maximum atomic E-state index is 9.48. The molecule has 0 fully saturated rings. The van der Waals surface area contributed by atoms with E-state index in [-0.39, 0.29) is 5.75 Å². The Bertz CT molecular complexity index is 509. The molecule has 2 heterocycles. The summed E-state index contributed by atoms with van der Waals surface area (Å²) in [5.41, 5.74) is 0.969. The number of aromatic hydroxyl groups is 1. The number of rotatable bonds is 3. The first-order chi connectivity index (χ1) is 7.61. The lowest BCUT2D eigenvalue weighted by atomic mass is 10.2. The molecule has 0 aliphatic carbocycles. The van der Waals surface area contributed by atoms with Crippen LogP contribution in [0.3, 0.4) is 0 Å². The van der Waals surface area contributed by atoms with Crippen molar-refractivity contribution >= 4 is 21.4 Å². The third kappa shape index (κ3) is 2.05. The molecule has 0 aromatic carbocycles. The van der Waals surface area contributed by atoms with Crippen LogP contribution in [-0.2, 0) is 6.42 Å². The van der Waals surface area contributed by atoms with Crippen LogP contribution in [0.5, 0.6) is 5.75 Å². The van der Waals surface area contributed by atoms with Crippen LogP contribution in [0.4, 0.5) is 0 Å². The van der Waals surface area contributed by atoms with E-state index in [1.54, 1.807) is 12.3 Å². The Kier molecular flexibility index (Phi) is 3.16. The van der Waals surface area contributed by atoms with Gasteiger partial charge in [0.2, 0.25) is 0 Å². The number of halogens is 1. The van der Waals surface area contributed by atoms with Gasteiger partial charge >= 0.3 is 0 Å². The van der Waals surface area contributed by atoms with Gasteiger partial charge in [0.25, 0.3) is 0 Å². The van der Waals surface area contributed by atoms with E-state index >= 15 is 0 Å². The van der Waals surface area contributed by atoms with Gasteiger partial charge < -0.3 is 10.4 Å². The monoisotopic (exact) mass is 283 g/mol. The van der Waals surface area contributed by atoms with Gasteiger partial charge in [-0.3, -0.25) is 4.40 Å². The van der Waals surface area contributed by atoms with Gasteiger partial charge in [0.05, 0.1) is 11.7 Å². The highest BCUT2D eigenvalue weighted by molar-refractivity contribution is 9.10. The number of hydrogen-bond donors (Lipinski definition) is 2. The Hall–Kier alpha value is -1.07. The summed E-state index contributed by atoms with van der Waals surface area (Å²) in [6, 6.07) is 3.85. The third-order valence-corrected chi connectivity index (χ3v) is 3.21. The first-order valence-corrected chi connectivity index (χ1v) is 5.94. The zero-order chi connectivity index (χ0) is 11.7. The van der Waals surface area contributed by atoms with Gasteiger partial charge in [0, 0.05) is 12.5 Å². The Morgan fingerprint density at radius 1 is 1.56 bits per heavy atom. The van der Waals surface area contributed by atoms with E-state index < -0.39 is 0 Å². The largest absolute Gasteiger partial charge is 0.506 e. The fraction of sp³-hybridized carbons (Fsp3) is 0.364. The zero-order valence-corrected chi connectivity index (χ0v) is 10.8. The zero-order valence-electron chi connectivity index (χ0n) is 9.24. The SMILES string of the molecule is CNC(C)Cc1nc(Br)c2ccc(O)cn12. The smallest absolute Gasteiger partial charge is 0.132 e. The Morgan fingerprint density at radius 2 is 2.31 bits per heavy atom. The topological polar surface area (TPSA) is 49.6 Å². The van der Waals surface area contributed by atoms with Crippen LogP contribution in [0.1, 0.15) is 12.7 Å². The lowest BCUT2D eigenvalue weighted by Crippen LogP contribution is -2.24. The first-order valence-electron chi connectivity index (χ1n) is 5.14. The van der Waals surface area contributed by atoms with E-state index in [9.17, 15) is 5.11 Å². The second-order valence-corrected chi connectivity index (χ2v) is 4.61. The van der Waals surface area contributed by atoms with Crippen molar-refractivity contribution in [2.24, 2.45) is 0 Å². The van der Waals surface area contributed by atoms with Gasteiger partial charge in [0.15, 0.2) is 0 Å². The number of nitrogens with zero attached hydrogens (tertiary/aromatic N) is 2. The minimum absolute atomic E-state index is 0.246. The molecule has 2 rings (SSSR count). The van der Waals surface area contributed by atoms with E-state index in [4.69, 9.17) is 0 Å². The number of pyridine rings is 1. The van der Waals surface area contributed by atoms with Crippen molar-refractivity contribution in [2.75, 3.05) is 7.05 Å². The average Bonchev–Trinajstić information content (AvgIpc) is 2.55. The van der Waals surface area contributed by atoms with Crippen LogP contribution in [0, 0.1) is 0 Å². The second-order valence-electron chi connectivity index (χ2n) is 3.86. The van der Waals surface area contributed by atoms with E-state index in [1.807, 2.05) is 17.5 Å². The molecule has 5 heteroatoms. The molecule has 2 aromatic heterocycles. The van der Waals surface area contributed by atoms with Crippen LogP contribution < -0.4 is 5.32 Å². The van der Waals surface area contributed by atoms with Crippen molar-refractivity contribution in [3.05, 3.63) is 28.8 Å². The van der Waals surface area contributed by atoms with Crippen molar-refractivity contribution in [1.82, 2.24) is 14.7 Å². The summed E-state index contributed by atoms with van der Waals surface area (Å²) >= 11 is 3.42. The molecule has 0 saturated heterocycles. The van der Waals surface area contributed by atoms with Crippen molar-refractivity contribution in [3.63, 3.8) is 0 Å². The van der Waals surface area contributed by atoms with E-state index in [1.165, 1.54) is 0 Å². The molecule has 16 heavy (non-hydrogen) atoms. The number of imidazole rings is 1. The molecule has 0 aliphatic rings. The predicted molar refractivity (Wildman–Crippen MR) is 66.8 cm³/mol. The maximum Gasteiger partial charge on any atom is 0.132 e. The van der Waals surface area contributed by atoms with Gasteiger partial charge in [-0.2, -0.15) is 0 Å². The average molecular weight is 284 g/mol. The van der Waals surface area contributed by atoms with Gasteiger partial charge in [-0.05, 0) is 42.0 Å². The molecule has 0 saturated carbocycles. The van der Waals surface area contributed by atoms with Crippen molar-refractivity contribution < 1.29 is 5.11 Å². The molecule has 2 aromatic rings. The molecule has 1 unspecified atom stereocenters. The van der Waals surface area contributed by atoms with Crippen LogP contribution in [-0.4, -0.2) is 27.6 Å². The molecule has 0 aliphatic heterocycles. The third-order valence-electron chi connectivity index (χ3n) is 2.63. The highest BCUT2D eigenvalue weighted by atomic mass is 79.9. The fourth-order valence-corrected chi connectivity index (χ4v) is 2.14. The summed E-state index contributed by atoms with van der Waals surface area (Å²) in [4.78, 5) is 4.45. The number of fused-ring (bicyclic) bond motifs is 1. The molecule has 0 amide bonds. The van der Waals surface area contributed by atoms with Crippen LogP contribution in [0.2, 0.25) is 0 Å².